The molecule has 2 heterocycles. The molecular formula is C29H28N4O4S. The Bertz CT molecular complexity index is 1410. The number of nitrogens with one attached hydrogen (secondary N) is 1. The Hall–Kier alpha value is -4.11. The van der Waals surface area contributed by atoms with E-state index in [1.807, 2.05) is 23.2 Å². The van der Waals surface area contributed by atoms with Gasteiger partial charge in [0.2, 0.25) is 5.91 Å². The van der Waals surface area contributed by atoms with Gasteiger partial charge in [0, 0.05) is 18.9 Å². The molecular weight excluding hydrogens is 500 g/mol. The van der Waals surface area contributed by atoms with Crippen LogP contribution in [0.1, 0.15) is 35.6 Å². The first kappa shape index (κ1) is 25.5. The molecule has 5 rings (SSSR count). The lowest BCUT2D eigenvalue weighted by Gasteiger charge is -2.23. The summed E-state index contributed by atoms with van der Waals surface area (Å²) in [5.74, 6) is 0.427. The normalized spacial score (nSPS) is 18.7. The van der Waals surface area contributed by atoms with Crippen molar-refractivity contribution in [3.8, 4) is 11.5 Å². The second-order valence-corrected chi connectivity index (χ2v) is 10.2. The first-order valence-electron chi connectivity index (χ1n) is 12.2. The Morgan fingerprint density at radius 2 is 1.82 bits per heavy atom. The first-order valence-corrected chi connectivity index (χ1v) is 13.1. The maximum absolute atomic E-state index is 12.9. The number of anilines is 1. The molecule has 1 N–H and O–H groups in total. The molecule has 2 amide bonds. The van der Waals surface area contributed by atoms with Crippen molar-refractivity contribution in [3.05, 3.63) is 89.5 Å². The predicted molar refractivity (Wildman–Crippen MR) is 150 cm³/mol. The fraction of sp³-hybridized carbons (Fsp3) is 0.241. The number of thioether (sulfide) groups is 1. The number of nitrogens with zero attached hydrogens (tertiary/aromatic N) is 3. The number of carbonyl (C=O) groups excluding carboxylic acids is 2. The van der Waals surface area contributed by atoms with Gasteiger partial charge >= 0.3 is 0 Å². The molecule has 3 aromatic carbocycles. The number of hydrogen-bond donors (Lipinski definition) is 1. The van der Waals surface area contributed by atoms with Crippen molar-refractivity contribution in [2.24, 2.45) is 10.1 Å². The summed E-state index contributed by atoms with van der Waals surface area (Å²) in [7, 11) is 3.08. The summed E-state index contributed by atoms with van der Waals surface area (Å²) < 4.78 is 10.6. The first-order chi connectivity index (χ1) is 18.4. The van der Waals surface area contributed by atoms with Crippen molar-refractivity contribution in [1.29, 1.82) is 0 Å². The number of ether oxygens (including phenoxy) is 2. The van der Waals surface area contributed by atoms with Gasteiger partial charge in [-0.05, 0) is 30.2 Å². The van der Waals surface area contributed by atoms with Crippen LogP contribution >= 0.6 is 11.8 Å². The summed E-state index contributed by atoms with van der Waals surface area (Å²) in [6, 6.07) is 23.4. The zero-order valence-electron chi connectivity index (χ0n) is 21.4. The molecule has 8 nitrogen and oxygen atoms in total. The average molecular weight is 529 g/mol. The molecule has 0 unspecified atom stereocenters. The van der Waals surface area contributed by atoms with E-state index in [1.54, 1.807) is 25.3 Å². The molecule has 3 aromatic rings. The number of methoxy groups -OCH3 is 2. The number of amides is 2. The Labute approximate surface area is 225 Å². The highest BCUT2D eigenvalue weighted by Gasteiger charge is 2.39. The Kier molecular flexibility index (Phi) is 7.46. The number of rotatable bonds is 7. The van der Waals surface area contributed by atoms with Gasteiger partial charge in [0.25, 0.3) is 5.91 Å². The lowest BCUT2D eigenvalue weighted by Crippen LogP contribution is -2.25. The van der Waals surface area contributed by atoms with Crippen LogP contribution in [0, 0.1) is 6.92 Å². The Balaban J connectivity index is 1.33. The van der Waals surface area contributed by atoms with E-state index in [0.717, 1.165) is 16.8 Å². The van der Waals surface area contributed by atoms with Crippen LogP contribution in [0.2, 0.25) is 0 Å². The minimum Gasteiger partial charge on any atom is -0.497 e. The highest BCUT2D eigenvalue weighted by atomic mass is 32.2. The molecule has 0 saturated heterocycles. The standard InChI is InChI=1S/C29H28N4O4S/c1-18-9-11-19(12-10-18)22-16-24(20-7-5-4-6-8-20)33(32-22)29-31-28(35)26(38-29)17-27(34)30-23-15-21(36-2)13-14-25(23)37-3/h4-15,24,26H,16-17H2,1-3H3,(H,30,34)/t24-,26+/m0/s1. The summed E-state index contributed by atoms with van der Waals surface area (Å²) in [4.78, 5) is 30.1. The van der Waals surface area contributed by atoms with Gasteiger partial charge in [-0.2, -0.15) is 10.1 Å². The van der Waals surface area contributed by atoms with E-state index in [9.17, 15) is 9.59 Å². The van der Waals surface area contributed by atoms with Crippen molar-refractivity contribution >= 4 is 40.1 Å². The second-order valence-electron chi connectivity index (χ2n) is 9.05. The van der Waals surface area contributed by atoms with Crippen LogP contribution in [-0.4, -0.2) is 47.2 Å². The highest BCUT2D eigenvalue weighted by Crippen LogP contribution is 2.39. The van der Waals surface area contributed by atoms with Crippen LogP contribution in [0.25, 0.3) is 0 Å². The lowest BCUT2D eigenvalue weighted by atomic mass is 9.98. The zero-order chi connectivity index (χ0) is 26.6. The molecule has 9 heteroatoms. The third-order valence-electron chi connectivity index (χ3n) is 6.46. The fourth-order valence-corrected chi connectivity index (χ4v) is 5.49. The van der Waals surface area contributed by atoms with E-state index < -0.39 is 5.25 Å². The fourth-order valence-electron chi connectivity index (χ4n) is 4.43. The number of aliphatic imine (C=N–C) groups is 1. The number of carbonyl (C=O) groups is 2. The molecule has 38 heavy (non-hydrogen) atoms. The maximum Gasteiger partial charge on any atom is 0.262 e. The van der Waals surface area contributed by atoms with Crippen LogP contribution in [-0.2, 0) is 9.59 Å². The van der Waals surface area contributed by atoms with E-state index in [-0.39, 0.29) is 24.3 Å². The van der Waals surface area contributed by atoms with Crippen molar-refractivity contribution in [3.63, 3.8) is 0 Å². The molecule has 0 saturated carbocycles. The lowest BCUT2D eigenvalue weighted by molar-refractivity contribution is -0.121. The number of amidine groups is 1. The van der Waals surface area contributed by atoms with Crippen LogP contribution in [0.5, 0.6) is 11.5 Å². The third-order valence-corrected chi connectivity index (χ3v) is 7.60. The molecule has 194 valence electrons. The van der Waals surface area contributed by atoms with E-state index in [4.69, 9.17) is 14.6 Å². The second kappa shape index (κ2) is 11.1. The molecule has 0 aromatic heterocycles. The summed E-state index contributed by atoms with van der Waals surface area (Å²) in [6.45, 7) is 2.05. The van der Waals surface area contributed by atoms with Gasteiger partial charge in [0.15, 0.2) is 5.17 Å². The van der Waals surface area contributed by atoms with Gasteiger partial charge in [-0.15, -0.1) is 0 Å². The summed E-state index contributed by atoms with van der Waals surface area (Å²) in [5.41, 5.74) is 4.71. The van der Waals surface area contributed by atoms with Crippen molar-refractivity contribution in [2.45, 2.75) is 31.1 Å². The minimum atomic E-state index is -0.642. The number of benzene rings is 3. The molecule has 0 fully saturated rings. The molecule has 2 atom stereocenters. The van der Waals surface area contributed by atoms with Crippen molar-refractivity contribution in [2.75, 3.05) is 19.5 Å². The SMILES string of the molecule is COc1ccc(OC)c(NC(=O)C[C@H]2SC(N3N=C(c4ccc(C)cc4)C[C@H]3c3ccccc3)=NC2=O)c1. The van der Waals surface area contributed by atoms with Gasteiger partial charge < -0.3 is 14.8 Å². The number of hydrazone groups is 1. The van der Waals surface area contributed by atoms with E-state index in [1.165, 1.54) is 24.4 Å². The topological polar surface area (TPSA) is 92.6 Å². The van der Waals surface area contributed by atoms with Crippen LogP contribution in [0.15, 0.2) is 82.9 Å². The van der Waals surface area contributed by atoms with Gasteiger partial charge in [-0.3, -0.25) is 9.59 Å². The summed E-state index contributed by atoms with van der Waals surface area (Å²) >= 11 is 1.27. The minimum absolute atomic E-state index is 0.0325. The quantitative estimate of drug-likeness (QED) is 0.454. The van der Waals surface area contributed by atoms with Crippen molar-refractivity contribution in [1.82, 2.24) is 5.01 Å². The third kappa shape index (κ3) is 5.43. The van der Waals surface area contributed by atoms with Gasteiger partial charge in [0.1, 0.15) is 16.7 Å². The smallest absolute Gasteiger partial charge is 0.262 e. The largest absolute Gasteiger partial charge is 0.497 e. The molecule has 0 radical (unpaired) electrons. The van der Waals surface area contributed by atoms with Gasteiger partial charge in [-0.1, -0.05) is 71.9 Å². The van der Waals surface area contributed by atoms with Crippen LogP contribution < -0.4 is 14.8 Å². The van der Waals surface area contributed by atoms with Crippen LogP contribution in [0.4, 0.5) is 5.69 Å². The highest BCUT2D eigenvalue weighted by molar-refractivity contribution is 8.15. The van der Waals surface area contributed by atoms with E-state index >= 15 is 0 Å². The number of hydrogen-bond acceptors (Lipinski definition) is 7. The average Bonchev–Trinajstić information content (AvgIpc) is 3.53. The Morgan fingerprint density at radius 1 is 1.05 bits per heavy atom. The maximum atomic E-state index is 12.9. The summed E-state index contributed by atoms with van der Waals surface area (Å²) in [6.07, 6.45) is 0.650. The molecule has 0 spiro atoms. The van der Waals surface area contributed by atoms with E-state index in [2.05, 4.69) is 53.6 Å². The molecule has 2 aliphatic rings. The number of aryl methyl sites for hydroxylation is 1. The van der Waals surface area contributed by atoms with Gasteiger partial charge in [-0.25, -0.2) is 5.01 Å². The Morgan fingerprint density at radius 3 is 2.53 bits per heavy atom. The molecule has 2 aliphatic heterocycles. The monoisotopic (exact) mass is 528 g/mol. The van der Waals surface area contributed by atoms with Crippen molar-refractivity contribution < 1.29 is 19.1 Å². The van der Waals surface area contributed by atoms with E-state index in [0.29, 0.717) is 28.8 Å². The molecule has 0 aliphatic carbocycles. The zero-order valence-corrected chi connectivity index (χ0v) is 22.2. The summed E-state index contributed by atoms with van der Waals surface area (Å²) in [5, 5.41) is 9.42. The predicted octanol–water partition coefficient (Wildman–Crippen LogP) is 5.19. The molecule has 0 bridgehead atoms. The van der Waals surface area contributed by atoms with Gasteiger partial charge in [0.05, 0.1) is 31.7 Å². The van der Waals surface area contributed by atoms with Crippen LogP contribution in [0.3, 0.4) is 0 Å².